The van der Waals surface area contributed by atoms with Crippen molar-refractivity contribution in [3.05, 3.63) is 59.4 Å². The standard InChI is InChI=1S/C14H12N2O2/c1-9-6-7-12(15-8-9)14(18)10-4-2-3-5-11(10)16-13(14)17/h2-8,18H,1H3,(H,16,17). The van der Waals surface area contributed by atoms with Gasteiger partial charge in [0.25, 0.3) is 5.91 Å². The third kappa shape index (κ3) is 1.36. The monoisotopic (exact) mass is 240 g/mol. The summed E-state index contributed by atoms with van der Waals surface area (Å²) in [7, 11) is 0. The quantitative estimate of drug-likeness (QED) is 0.795. The molecule has 1 aromatic heterocycles. The summed E-state index contributed by atoms with van der Waals surface area (Å²) in [5.41, 5.74) is 0.813. The van der Waals surface area contributed by atoms with Crippen LogP contribution >= 0.6 is 0 Å². The van der Waals surface area contributed by atoms with Crippen LogP contribution in [0.5, 0.6) is 0 Å². The molecule has 0 bridgehead atoms. The second-order valence-electron chi connectivity index (χ2n) is 4.43. The molecule has 18 heavy (non-hydrogen) atoms. The van der Waals surface area contributed by atoms with Gasteiger partial charge in [-0.3, -0.25) is 9.78 Å². The molecule has 1 unspecified atom stereocenters. The molecule has 0 radical (unpaired) electrons. The number of nitrogens with zero attached hydrogens (tertiary/aromatic N) is 1. The minimum absolute atomic E-state index is 0.343. The minimum atomic E-state index is -1.69. The molecule has 4 heteroatoms. The lowest BCUT2D eigenvalue weighted by atomic mass is 9.91. The molecular weight excluding hydrogens is 228 g/mol. The SMILES string of the molecule is Cc1ccc(C2(O)C(=O)Nc3ccccc32)nc1. The van der Waals surface area contributed by atoms with Crippen molar-refractivity contribution in [2.45, 2.75) is 12.5 Å². The number of para-hydroxylation sites is 1. The van der Waals surface area contributed by atoms with Gasteiger partial charge in [0, 0.05) is 17.4 Å². The number of nitrogens with one attached hydrogen (secondary N) is 1. The van der Waals surface area contributed by atoms with Gasteiger partial charge in [0.1, 0.15) is 0 Å². The summed E-state index contributed by atoms with van der Waals surface area (Å²) in [6, 6.07) is 10.6. The van der Waals surface area contributed by atoms with E-state index in [1.54, 1.807) is 30.5 Å². The Hall–Kier alpha value is -2.20. The second-order valence-corrected chi connectivity index (χ2v) is 4.43. The fraction of sp³-hybridized carbons (Fsp3) is 0.143. The number of anilines is 1. The Balaban J connectivity index is 2.20. The van der Waals surface area contributed by atoms with Crippen molar-refractivity contribution in [1.29, 1.82) is 0 Å². The van der Waals surface area contributed by atoms with E-state index in [2.05, 4.69) is 10.3 Å². The number of hydrogen-bond acceptors (Lipinski definition) is 3. The summed E-state index contributed by atoms with van der Waals surface area (Å²) in [5, 5.41) is 13.4. The van der Waals surface area contributed by atoms with E-state index < -0.39 is 11.5 Å². The van der Waals surface area contributed by atoms with Crippen LogP contribution in [0.25, 0.3) is 0 Å². The number of carbonyl (C=O) groups is 1. The van der Waals surface area contributed by atoms with Crippen LogP contribution in [-0.4, -0.2) is 16.0 Å². The molecule has 1 aliphatic heterocycles. The van der Waals surface area contributed by atoms with Gasteiger partial charge in [-0.1, -0.05) is 24.3 Å². The molecule has 1 atom stereocenters. The van der Waals surface area contributed by atoms with E-state index in [9.17, 15) is 9.90 Å². The number of amides is 1. The van der Waals surface area contributed by atoms with E-state index in [1.165, 1.54) is 0 Å². The average Bonchev–Trinajstić information content (AvgIpc) is 2.64. The van der Waals surface area contributed by atoms with Crippen LogP contribution in [0, 0.1) is 6.92 Å². The van der Waals surface area contributed by atoms with E-state index in [4.69, 9.17) is 0 Å². The second kappa shape index (κ2) is 3.65. The van der Waals surface area contributed by atoms with Crippen molar-refractivity contribution < 1.29 is 9.90 Å². The zero-order valence-electron chi connectivity index (χ0n) is 9.84. The third-order valence-corrected chi connectivity index (χ3v) is 3.18. The summed E-state index contributed by atoms with van der Waals surface area (Å²) in [6.45, 7) is 1.91. The van der Waals surface area contributed by atoms with Gasteiger partial charge in [-0.15, -0.1) is 0 Å². The van der Waals surface area contributed by atoms with E-state index in [1.807, 2.05) is 19.1 Å². The normalized spacial score (nSPS) is 21.6. The van der Waals surface area contributed by atoms with Crippen LogP contribution in [0.15, 0.2) is 42.6 Å². The molecule has 0 saturated heterocycles. The molecule has 3 rings (SSSR count). The fourth-order valence-electron chi connectivity index (χ4n) is 2.18. The topological polar surface area (TPSA) is 62.2 Å². The van der Waals surface area contributed by atoms with E-state index in [-0.39, 0.29) is 0 Å². The summed E-state index contributed by atoms with van der Waals surface area (Å²) >= 11 is 0. The highest BCUT2D eigenvalue weighted by Gasteiger charge is 2.47. The van der Waals surface area contributed by atoms with Crippen LogP contribution in [0.2, 0.25) is 0 Å². The van der Waals surface area contributed by atoms with Gasteiger partial charge in [0.2, 0.25) is 5.60 Å². The Morgan fingerprint density at radius 2 is 2.00 bits per heavy atom. The van der Waals surface area contributed by atoms with Crippen molar-refractivity contribution in [1.82, 2.24) is 4.98 Å². The van der Waals surface area contributed by atoms with Crippen molar-refractivity contribution in [2.75, 3.05) is 5.32 Å². The van der Waals surface area contributed by atoms with Crippen LogP contribution in [0.1, 0.15) is 16.8 Å². The predicted octanol–water partition coefficient (Wildman–Crippen LogP) is 1.58. The summed E-state index contributed by atoms with van der Waals surface area (Å²) < 4.78 is 0. The third-order valence-electron chi connectivity index (χ3n) is 3.18. The number of benzene rings is 1. The van der Waals surface area contributed by atoms with Crippen LogP contribution in [-0.2, 0) is 10.4 Å². The van der Waals surface area contributed by atoms with Gasteiger partial charge >= 0.3 is 0 Å². The zero-order chi connectivity index (χ0) is 12.8. The first-order chi connectivity index (χ1) is 8.62. The van der Waals surface area contributed by atoms with Gasteiger partial charge < -0.3 is 10.4 Å². The Morgan fingerprint density at radius 3 is 2.72 bits per heavy atom. The van der Waals surface area contributed by atoms with Crippen molar-refractivity contribution >= 4 is 11.6 Å². The van der Waals surface area contributed by atoms with Crippen molar-refractivity contribution in [3.8, 4) is 0 Å². The van der Waals surface area contributed by atoms with Crippen LogP contribution in [0.3, 0.4) is 0 Å². The maximum absolute atomic E-state index is 12.0. The lowest BCUT2D eigenvalue weighted by Gasteiger charge is -2.20. The van der Waals surface area contributed by atoms with Gasteiger partial charge in [0.05, 0.1) is 5.69 Å². The van der Waals surface area contributed by atoms with E-state index >= 15 is 0 Å². The number of aromatic nitrogens is 1. The molecule has 2 heterocycles. The highest BCUT2D eigenvalue weighted by molar-refractivity contribution is 6.06. The molecule has 0 spiro atoms. The molecule has 2 N–H and O–H groups in total. The molecule has 0 aliphatic carbocycles. The molecule has 2 aromatic rings. The predicted molar refractivity (Wildman–Crippen MR) is 67.0 cm³/mol. The molecule has 1 amide bonds. The lowest BCUT2D eigenvalue weighted by molar-refractivity contribution is -0.130. The maximum atomic E-state index is 12.0. The van der Waals surface area contributed by atoms with Gasteiger partial charge in [-0.2, -0.15) is 0 Å². The van der Waals surface area contributed by atoms with E-state index in [0.29, 0.717) is 16.9 Å². The lowest BCUT2D eigenvalue weighted by Crippen LogP contribution is -2.36. The molecule has 0 saturated carbocycles. The van der Waals surface area contributed by atoms with Gasteiger partial charge in [0.15, 0.2) is 0 Å². The Kier molecular flexibility index (Phi) is 2.21. The highest BCUT2D eigenvalue weighted by atomic mass is 16.3. The highest BCUT2D eigenvalue weighted by Crippen LogP contribution is 2.39. The molecule has 0 fully saturated rings. The number of carbonyl (C=O) groups excluding carboxylic acids is 1. The number of aryl methyl sites for hydroxylation is 1. The Labute approximate surface area is 104 Å². The minimum Gasteiger partial charge on any atom is -0.370 e. The van der Waals surface area contributed by atoms with Crippen LogP contribution < -0.4 is 5.32 Å². The van der Waals surface area contributed by atoms with Gasteiger partial charge in [-0.25, -0.2) is 0 Å². The smallest absolute Gasteiger partial charge is 0.267 e. The average molecular weight is 240 g/mol. The molecular formula is C14H12N2O2. The van der Waals surface area contributed by atoms with Crippen molar-refractivity contribution in [3.63, 3.8) is 0 Å². The first-order valence-electron chi connectivity index (χ1n) is 5.69. The number of rotatable bonds is 1. The number of pyridine rings is 1. The van der Waals surface area contributed by atoms with Crippen LogP contribution in [0.4, 0.5) is 5.69 Å². The van der Waals surface area contributed by atoms with Crippen molar-refractivity contribution in [2.24, 2.45) is 0 Å². The number of fused-ring (bicyclic) bond motifs is 1. The number of aliphatic hydroxyl groups is 1. The Bertz CT molecular complexity index is 622. The molecule has 1 aromatic carbocycles. The summed E-state index contributed by atoms with van der Waals surface area (Å²) in [5.74, 6) is -0.458. The van der Waals surface area contributed by atoms with Gasteiger partial charge in [-0.05, 0) is 24.6 Å². The first kappa shape index (κ1) is 10.9. The maximum Gasteiger partial charge on any atom is 0.267 e. The number of hydrogen-bond donors (Lipinski definition) is 2. The largest absolute Gasteiger partial charge is 0.370 e. The zero-order valence-corrected chi connectivity index (χ0v) is 9.84. The molecule has 90 valence electrons. The summed E-state index contributed by atoms with van der Waals surface area (Å²) in [6.07, 6.45) is 1.64. The first-order valence-corrected chi connectivity index (χ1v) is 5.69. The molecule has 4 nitrogen and oxygen atoms in total. The fourth-order valence-corrected chi connectivity index (χ4v) is 2.18. The summed E-state index contributed by atoms with van der Waals surface area (Å²) in [4.78, 5) is 16.2. The Morgan fingerprint density at radius 1 is 1.22 bits per heavy atom. The molecule has 1 aliphatic rings. The van der Waals surface area contributed by atoms with E-state index in [0.717, 1.165) is 5.56 Å².